The minimum absolute atomic E-state index is 0.121. The van der Waals surface area contributed by atoms with Crippen molar-refractivity contribution in [2.24, 2.45) is 0 Å². The van der Waals surface area contributed by atoms with Crippen LogP contribution in [0.1, 0.15) is 36.5 Å². The largest absolute Gasteiger partial charge is 0.291 e. The average Bonchev–Trinajstić information content (AvgIpc) is 3.16. The van der Waals surface area contributed by atoms with E-state index in [2.05, 4.69) is 36.1 Å². The van der Waals surface area contributed by atoms with Crippen LogP contribution >= 0.6 is 11.3 Å². The molecule has 0 bridgehead atoms. The van der Waals surface area contributed by atoms with Crippen LogP contribution in [-0.2, 0) is 0 Å². The molecular formula is C21H19N3OS. The fourth-order valence-electron chi connectivity index (χ4n) is 2.87. The van der Waals surface area contributed by atoms with Crippen molar-refractivity contribution >= 4 is 22.4 Å². The van der Waals surface area contributed by atoms with Gasteiger partial charge < -0.3 is 0 Å². The van der Waals surface area contributed by atoms with Crippen LogP contribution in [0.5, 0.6) is 0 Å². The van der Waals surface area contributed by atoms with E-state index in [4.69, 9.17) is 0 Å². The van der Waals surface area contributed by atoms with Crippen molar-refractivity contribution in [2.45, 2.75) is 26.7 Å². The second kappa shape index (κ2) is 6.50. The fourth-order valence-corrected chi connectivity index (χ4v) is 3.78. The lowest BCUT2D eigenvalue weighted by atomic mass is 10.0. The van der Waals surface area contributed by atoms with Gasteiger partial charge in [-0.2, -0.15) is 9.50 Å². The molecule has 4 aromatic rings. The summed E-state index contributed by atoms with van der Waals surface area (Å²) in [5.74, 6) is 1.08. The van der Waals surface area contributed by atoms with Crippen LogP contribution in [0.25, 0.3) is 22.4 Å². The number of benzene rings is 2. The Labute approximate surface area is 155 Å². The molecule has 0 N–H and O–H groups in total. The monoisotopic (exact) mass is 361 g/mol. The first-order valence-electron chi connectivity index (χ1n) is 8.59. The van der Waals surface area contributed by atoms with Crippen LogP contribution in [-0.4, -0.2) is 14.6 Å². The fraction of sp³-hybridized carbons (Fsp3) is 0.190. The number of aromatic nitrogens is 3. The number of hydrogen-bond donors (Lipinski definition) is 0. The van der Waals surface area contributed by atoms with Crippen molar-refractivity contribution in [2.75, 3.05) is 0 Å². The van der Waals surface area contributed by atoms with Crippen LogP contribution in [0.2, 0.25) is 0 Å². The van der Waals surface area contributed by atoms with E-state index in [1.54, 1.807) is 0 Å². The first-order valence-corrected chi connectivity index (χ1v) is 9.41. The highest BCUT2D eigenvalue weighted by atomic mass is 32.1. The van der Waals surface area contributed by atoms with Gasteiger partial charge in [0.05, 0.1) is 4.53 Å². The van der Waals surface area contributed by atoms with Gasteiger partial charge in [0.25, 0.3) is 5.56 Å². The van der Waals surface area contributed by atoms with Crippen LogP contribution < -0.4 is 10.1 Å². The van der Waals surface area contributed by atoms with Gasteiger partial charge in [0.2, 0.25) is 4.96 Å². The molecule has 26 heavy (non-hydrogen) atoms. The van der Waals surface area contributed by atoms with E-state index < -0.39 is 0 Å². The third-order valence-corrected chi connectivity index (χ3v) is 5.32. The molecule has 0 aliphatic rings. The predicted molar refractivity (Wildman–Crippen MR) is 107 cm³/mol. The van der Waals surface area contributed by atoms with Gasteiger partial charge in [0.1, 0.15) is 0 Å². The molecule has 0 radical (unpaired) electrons. The molecule has 130 valence electrons. The first-order chi connectivity index (χ1) is 12.5. The molecule has 0 spiro atoms. The van der Waals surface area contributed by atoms with Gasteiger partial charge >= 0.3 is 0 Å². The number of aryl methyl sites for hydroxylation is 1. The molecule has 0 amide bonds. The zero-order valence-corrected chi connectivity index (χ0v) is 15.7. The highest BCUT2D eigenvalue weighted by molar-refractivity contribution is 7.15. The van der Waals surface area contributed by atoms with Crippen molar-refractivity contribution in [1.82, 2.24) is 14.6 Å². The standard InChI is InChI=1S/C21H19N3OS/c1-13(2)16-9-7-15(8-10-16)12-18-20(25)24-21(26-18)22-19(23-24)17-6-4-5-14(3)11-17/h4-13H,1-3H3/b18-12+. The minimum Gasteiger partial charge on any atom is -0.266 e. The Morgan fingerprint density at radius 3 is 2.54 bits per heavy atom. The first kappa shape index (κ1) is 16.7. The lowest BCUT2D eigenvalue weighted by Gasteiger charge is -2.04. The molecule has 0 aliphatic carbocycles. The Hall–Kier alpha value is -2.79. The Morgan fingerprint density at radius 2 is 1.88 bits per heavy atom. The molecule has 4 nitrogen and oxygen atoms in total. The lowest BCUT2D eigenvalue weighted by Crippen LogP contribution is -2.23. The summed E-state index contributed by atoms with van der Waals surface area (Å²) in [5, 5.41) is 4.41. The Bertz CT molecular complexity index is 1190. The van der Waals surface area contributed by atoms with Crippen molar-refractivity contribution < 1.29 is 0 Å². The number of hydrogen-bond acceptors (Lipinski definition) is 4. The number of fused-ring (bicyclic) bond motifs is 1. The van der Waals surface area contributed by atoms with Crippen molar-refractivity contribution in [3.8, 4) is 11.4 Å². The average molecular weight is 361 g/mol. The van der Waals surface area contributed by atoms with Crippen LogP contribution in [0.3, 0.4) is 0 Å². The summed E-state index contributed by atoms with van der Waals surface area (Å²) in [6.45, 7) is 6.36. The molecule has 0 saturated carbocycles. The molecule has 5 heteroatoms. The molecule has 0 aliphatic heterocycles. The van der Waals surface area contributed by atoms with Crippen molar-refractivity contribution in [3.05, 3.63) is 80.1 Å². The molecule has 4 rings (SSSR count). The predicted octanol–water partition coefficient (Wildman–Crippen LogP) is 3.80. The summed E-state index contributed by atoms with van der Waals surface area (Å²) in [4.78, 5) is 17.8. The SMILES string of the molecule is Cc1cccc(-c2nc3s/c(=C/c4ccc(C(C)C)cc4)c(=O)n3n2)c1. The van der Waals surface area contributed by atoms with Gasteiger partial charge in [-0.05, 0) is 36.1 Å². The molecule has 2 aromatic heterocycles. The van der Waals surface area contributed by atoms with Gasteiger partial charge in [0, 0.05) is 5.56 Å². The van der Waals surface area contributed by atoms with Gasteiger partial charge in [0.15, 0.2) is 5.82 Å². The zero-order chi connectivity index (χ0) is 18.3. The van der Waals surface area contributed by atoms with Crippen LogP contribution in [0.4, 0.5) is 0 Å². The lowest BCUT2D eigenvalue weighted by molar-refractivity contribution is 0.866. The maximum atomic E-state index is 12.7. The van der Waals surface area contributed by atoms with Gasteiger partial charge in [-0.1, -0.05) is 73.2 Å². The highest BCUT2D eigenvalue weighted by Crippen LogP contribution is 2.18. The van der Waals surface area contributed by atoms with Gasteiger partial charge in [-0.3, -0.25) is 4.79 Å². The summed E-state index contributed by atoms with van der Waals surface area (Å²) < 4.78 is 2.05. The molecule has 0 saturated heterocycles. The molecule has 0 fully saturated rings. The number of thiazole rings is 1. The molecule has 2 aromatic carbocycles. The van der Waals surface area contributed by atoms with E-state index in [9.17, 15) is 4.79 Å². The van der Waals surface area contributed by atoms with E-state index >= 15 is 0 Å². The Morgan fingerprint density at radius 1 is 1.12 bits per heavy atom. The van der Waals surface area contributed by atoms with E-state index in [0.29, 0.717) is 21.2 Å². The normalized spacial score (nSPS) is 12.4. The van der Waals surface area contributed by atoms with Crippen LogP contribution in [0.15, 0.2) is 53.3 Å². The van der Waals surface area contributed by atoms with E-state index in [1.807, 2.05) is 49.4 Å². The van der Waals surface area contributed by atoms with Crippen LogP contribution in [0, 0.1) is 6.92 Å². The third-order valence-electron chi connectivity index (χ3n) is 4.36. The minimum atomic E-state index is -0.121. The van der Waals surface area contributed by atoms with E-state index in [-0.39, 0.29) is 5.56 Å². The topological polar surface area (TPSA) is 47.3 Å². The molecule has 2 heterocycles. The summed E-state index contributed by atoms with van der Waals surface area (Å²) in [5.41, 5.74) is 4.24. The van der Waals surface area contributed by atoms with Gasteiger partial charge in [-0.15, -0.1) is 5.10 Å². The number of nitrogens with zero attached hydrogens (tertiary/aromatic N) is 3. The second-order valence-corrected chi connectivity index (χ2v) is 7.75. The van der Waals surface area contributed by atoms with E-state index in [0.717, 1.165) is 16.7 Å². The second-order valence-electron chi connectivity index (χ2n) is 6.74. The summed E-state index contributed by atoms with van der Waals surface area (Å²) in [7, 11) is 0. The summed E-state index contributed by atoms with van der Waals surface area (Å²) in [6.07, 6.45) is 1.90. The quantitative estimate of drug-likeness (QED) is 0.558. The van der Waals surface area contributed by atoms with Gasteiger partial charge in [-0.25, -0.2) is 0 Å². The zero-order valence-electron chi connectivity index (χ0n) is 14.9. The maximum Gasteiger partial charge on any atom is 0.291 e. The van der Waals surface area contributed by atoms with E-state index in [1.165, 1.54) is 21.4 Å². The number of rotatable bonds is 3. The Balaban J connectivity index is 1.75. The van der Waals surface area contributed by atoms with Crippen molar-refractivity contribution in [1.29, 1.82) is 0 Å². The third kappa shape index (κ3) is 3.06. The van der Waals surface area contributed by atoms with Crippen molar-refractivity contribution in [3.63, 3.8) is 0 Å². The summed E-state index contributed by atoms with van der Waals surface area (Å²) in [6, 6.07) is 16.3. The summed E-state index contributed by atoms with van der Waals surface area (Å²) >= 11 is 1.37. The smallest absolute Gasteiger partial charge is 0.266 e. The maximum absolute atomic E-state index is 12.7. The molecule has 0 atom stereocenters. The molecule has 0 unspecified atom stereocenters. The Kier molecular flexibility index (Phi) is 4.17. The molecular weight excluding hydrogens is 342 g/mol. The highest BCUT2D eigenvalue weighted by Gasteiger charge is 2.12.